The predicted molar refractivity (Wildman–Crippen MR) is 58.2 cm³/mol. The van der Waals surface area contributed by atoms with E-state index in [0.717, 1.165) is 12.2 Å². The Bertz CT molecular complexity index is 447. The molecule has 1 aromatic heterocycles. The molecule has 0 aliphatic heterocycles. The molecule has 2 rings (SSSR count). The van der Waals surface area contributed by atoms with Gasteiger partial charge in [0.2, 0.25) is 0 Å². The van der Waals surface area contributed by atoms with Crippen LogP contribution in [0.4, 0.5) is 0 Å². The summed E-state index contributed by atoms with van der Waals surface area (Å²) in [4.78, 5) is 0. The Morgan fingerprint density at radius 3 is 2.93 bits per heavy atom. The number of nitrogens with zero attached hydrogens (tertiary/aromatic N) is 3. The Morgan fingerprint density at radius 2 is 2.27 bits per heavy atom. The topological polar surface area (TPSA) is 56.7 Å². The van der Waals surface area contributed by atoms with Crippen molar-refractivity contribution < 1.29 is 0 Å². The minimum absolute atomic E-state index is 0.438. The maximum absolute atomic E-state index is 5.46. The van der Waals surface area contributed by atoms with E-state index in [0.29, 0.717) is 6.54 Å². The van der Waals surface area contributed by atoms with Gasteiger partial charge in [0.15, 0.2) is 0 Å². The average Bonchev–Trinajstić information content (AvgIpc) is 2.65. The smallest absolute Gasteiger partial charge is 0.0962 e. The minimum atomic E-state index is 0.438. The molecule has 0 amide bonds. The van der Waals surface area contributed by atoms with Crippen LogP contribution in [0.3, 0.4) is 0 Å². The number of hydrogen-bond acceptors (Lipinski definition) is 3. The molecule has 4 heteroatoms. The van der Waals surface area contributed by atoms with Crippen molar-refractivity contribution >= 4 is 0 Å². The van der Waals surface area contributed by atoms with Gasteiger partial charge in [0.25, 0.3) is 0 Å². The van der Waals surface area contributed by atoms with Crippen LogP contribution in [0, 0.1) is 6.92 Å². The first-order valence-electron chi connectivity index (χ1n) is 4.92. The van der Waals surface area contributed by atoms with Gasteiger partial charge in [-0.25, -0.2) is 4.68 Å². The van der Waals surface area contributed by atoms with Crippen molar-refractivity contribution in [2.24, 2.45) is 5.73 Å². The highest BCUT2D eigenvalue weighted by molar-refractivity contribution is 5.22. The third kappa shape index (κ3) is 2.41. The molecule has 0 fully saturated rings. The van der Waals surface area contributed by atoms with Crippen molar-refractivity contribution in [2.45, 2.75) is 20.0 Å². The molecule has 0 unspecified atom stereocenters. The van der Waals surface area contributed by atoms with Crippen LogP contribution < -0.4 is 5.73 Å². The van der Waals surface area contributed by atoms with E-state index in [1.807, 2.05) is 12.3 Å². The summed E-state index contributed by atoms with van der Waals surface area (Å²) in [6.45, 7) is 3.26. The van der Waals surface area contributed by atoms with Gasteiger partial charge in [-0.05, 0) is 12.5 Å². The zero-order valence-corrected chi connectivity index (χ0v) is 8.72. The second kappa shape index (κ2) is 4.23. The fourth-order valence-corrected chi connectivity index (χ4v) is 1.51. The van der Waals surface area contributed by atoms with Gasteiger partial charge in [-0.15, -0.1) is 5.10 Å². The van der Waals surface area contributed by atoms with E-state index in [-0.39, 0.29) is 0 Å². The lowest BCUT2D eigenvalue weighted by atomic mass is 10.1. The highest BCUT2D eigenvalue weighted by atomic mass is 15.4. The van der Waals surface area contributed by atoms with Crippen LogP contribution >= 0.6 is 0 Å². The van der Waals surface area contributed by atoms with Crippen molar-refractivity contribution in [1.82, 2.24) is 15.0 Å². The standard InChI is InChI=1S/C11H14N4/c1-9-3-2-4-10(5-9)7-15-8-11(6-12)13-14-15/h2-5,8H,6-7,12H2,1H3. The number of hydrogen-bond donors (Lipinski definition) is 1. The summed E-state index contributed by atoms with van der Waals surface area (Å²) in [6.07, 6.45) is 1.88. The molecule has 1 heterocycles. The lowest BCUT2D eigenvalue weighted by Crippen LogP contribution is -2.00. The van der Waals surface area contributed by atoms with Crippen molar-refractivity contribution in [3.8, 4) is 0 Å². The van der Waals surface area contributed by atoms with Crippen molar-refractivity contribution in [3.63, 3.8) is 0 Å². The molecular formula is C11H14N4. The summed E-state index contributed by atoms with van der Waals surface area (Å²) >= 11 is 0. The third-order valence-electron chi connectivity index (χ3n) is 2.22. The van der Waals surface area contributed by atoms with E-state index < -0.39 is 0 Å². The first-order valence-corrected chi connectivity index (χ1v) is 4.92. The largest absolute Gasteiger partial charge is 0.325 e. The molecule has 0 radical (unpaired) electrons. The fraction of sp³-hybridized carbons (Fsp3) is 0.273. The lowest BCUT2D eigenvalue weighted by Gasteiger charge is -2.01. The Morgan fingerprint density at radius 1 is 1.40 bits per heavy atom. The highest BCUT2D eigenvalue weighted by Crippen LogP contribution is 2.05. The molecule has 2 N–H and O–H groups in total. The van der Waals surface area contributed by atoms with Crippen molar-refractivity contribution in [3.05, 3.63) is 47.3 Å². The number of aromatic nitrogens is 3. The highest BCUT2D eigenvalue weighted by Gasteiger charge is 1.99. The van der Waals surface area contributed by atoms with Gasteiger partial charge in [0, 0.05) is 6.54 Å². The predicted octanol–water partition coefficient (Wildman–Crippen LogP) is 1.09. The molecule has 0 aliphatic rings. The molecule has 2 aromatic rings. The van der Waals surface area contributed by atoms with Crippen molar-refractivity contribution in [1.29, 1.82) is 0 Å². The fourth-order valence-electron chi connectivity index (χ4n) is 1.51. The zero-order valence-electron chi connectivity index (χ0n) is 8.72. The zero-order chi connectivity index (χ0) is 10.7. The molecule has 0 saturated heterocycles. The number of benzene rings is 1. The van der Waals surface area contributed by atoms with Crippen LogP contribution in [0.15, 0.2) is 30.5 Å². The number of rotatable bonds is 3. The summed E-state index contributed by atoms with van der Waals surface area (Å²) in [6, 6.07) is 8.35. The van der Waals surface area contributed by atoms with E-state index in [4.69, 9.17) is 5.73 Å². The Balaban J connectivity index is 2.14. The summed E-state index contributed by atoms with van der Waals surface area (Å²) in [7, 11) is 0. The Kier molecular flexibility index (Phi) is 2.78. The average molecular weight is 202 g/mol. The van der Waals surface area contributed by atoms with E-state index in [2.05, 4.69) is 35.4 Å². The molecule has 1 aromatic carbocycles. The molecule has 0 atom stereocenters. The normalized spacial score (nSPS) is 10.5. The molecule has 78 valence electrons. The molecule has 0 spiro atoms. The van der Waals surface area contributed by atoms with Crippen LogP contribution in [0.1, 0.15) is 16.8 Å². The summed E-state index contributed by atoms with van der Waals surface area (Å²) < 4.78 is 1.80. The van der Waals surface area contributed by atoms with Gasteiger partial charge >= 0.3 is 0 Å². The van der Waals surface area contributed by atoms with E-state index in [9.17, 15) is 0 Å². The molecule has 0 aliphatic carbocycles. The Hall–Kier alpha value is -1.68. The van der Waals surface area contributed by atoms with Crippen LogP contribution in [0.5, 0.6) is 0 Å². The van der Waals surface area contributed by atoms with Gasteiger partial charge in [-0.2, -0.15) is 0 Å². The Labute approximate surface area is 88.7 Å². The molecule has 4 nitrogen and oxygen atoms in total. The maximum Gasteiger partial charge on any atom is 0.0962 e. The number of aryl methyl sites for hydroxylation is 1. The van der Waals surface area contributed by atoms with Crippen LogP contribution in [-0.4, -0.2) is 15.0 Å². The summed E-state index contributed by atoms with van der Waals surface area (Å²) in [5.41, 5.74) is 8.77. The summed E-state index contributed by atoms with van der Waals surface area (Å²) in [5, 5.41) is 7.94. The van der Waals surface area contributed by atoms with Crippen LogP contribution in [0.25, 0.3) is 0 Å². The van der Waals surface area contributed by atoms with Gasteiger partial charge in [-0.1, -0.05) is 35.0 Å². The van der Waals surface area contributed by atoms with E-state index in [1.165, 1.54) is 11.1 Å². The molecule has 0 bridgehead atoms. The maximum atomic E-state index is 5.46. The number of nitrogens with two attached hydrogens (primary N) is 1. The van der Waals surface area contributed by atoms with Crippen molar-refractivity contribution in [2.75, 3.05) is 0 Å². The van der Waals surface area contributed by atoms with Gasteiger partial charge in [0.1, 0.15) is 0 Å². The SMILES string of the molecule is Cc1cccc(Cn2cc(CN)nn2)c1. The molecule has 0 saturated carbocycles. The van der Waals surface area contributed by atoms with Gasteiger partial charge in [0.05, 0.1) is 18.4 Å². The van der Waals surface area contributed by atoms with Crippen LogP contribution in [-0.2, 0) is 13.1 Å². The van der Waals surface area contributed by atoms with Gasteiger partial charge < -0.3 is 5.73 Å². The summed E-state index contributed by atoms with van der Waals surface area (Å²) in [5.74, 6) is 0. The molecule has 15 heavy (non-hydrogen) atoms. The second-order valence-electron chi connectivity index (χ2n) is 3.60. The van der Waals surface area contributed by atoms with Gasteiger partial charge in [-0.3, -0.25) is 0 Å². The first-order chi connectivity index (χ1) is 7.28. The van der Waals surface area contributed by atoms with E-state index >= 15 is 0 Å². The first kappa shape index (κ1) is 9.86. The lowest BCUT2D eigenvalue weighted by molar-refractivity contribution is 0.649. The molecular weight excluding hydrogens is 188 g/mol. The minimum Gasteiger partial charge on any atom is -0.325 e. The monoisotopic (exact) mass is 202 g/mol. The third-order valence-corrected chi connectivity index (χ3v) is 2.22. The quantitative estimate of drug-likeness (QED) is 0.810. The second-order valence-corrected chi connectivity index (χ2v) is 3.60. The van der Waals surface area contributed by atoms with Crippen LogP contribution in [0.2, 0.25) is 0 Å². The van der Waals surface area contributed by atoms with E-state index in [1.54, 1.807) is 4.68 Å².